The van der Waals surface area contributed by atoms with Gasteiger partial charge in [0.05, 0.1) is 11.8 Å². The summed E-state index contributed by atoms with van der Waals surface area (Å²) >= 11 is 6.72. The van der Waals surface area contributed by atoms with Gasteiger partial charge in [-0.3, -0.25) is 28.8 Å². The van der Waals surface area contributed by atoms with E-state index in [-0.39, 0.29) is 74.6 Å². The van der Waals surface area contributed by atoms with Gasteiger partial charge in [-0.15, -0.1) is 0 Å². The van der Waals surface area contributed by atoms with Gasteiger partial charge in [0.1, 0.15) is 0 Å². The summed E-state index contributed by atoms with van der Waals surface area (Å²) < 4.78 is 0. The van der Waals surface area contributed by atoms with Crippen molar-refractivity contribution in [2.24, 2.45) is 11.1 Å². The van der Waals surface area contributed by atoms with E-state index in [1.165, 1.54) is 0 Å². The molecule has 0 aliphatic rings. The van der Waals surface area contributed by atoms with E-state index in [2.05, 4.69) is 32.3 Å². The minimum Gasteiger partial charge on any atom is -1.00 e. The molecule has 0 saturated heterocycles. The fraction of sp³-hybridized carbons (Fsp3) is 0.404. The summed E-state index contributed by atoms with van der Waals surface area (Å²) in [7, 11) is 0. The maximum Gasteiger partial charge on any atom is 1.00 e. The summed E-state index contributed by atoms with van der Waals surface area (Å²) in [6.07, 6.45) is 10.1. The predicted octanol–water partition coefficient (Wildman–Crippen LogP) is 5.40. The molecule has 9 N–H and O–H groups in total. The van der Waals surface area contributed by atoms with E-state index >= 15 is 0 Å². The van der Waals surface area contributed by atoms with Gasteiger partial charge in [-0.25, -0.2) is 5.90 Å². The number of rotatable bonds is 24. The second kappa shape index (κ2) is 46.4. The molecule has 395 valence electrons. The monoisotopic (exact) mass is 1090 g/mol. The van der Waals surface area contributed by atoms with Crippen LogP contribution in [0.5, 0.6) is 0 Å². The third-order valence-corrected chi connectivity index (χ3v) is 12.1. The number of aliphatic hydroxyl groups excluding tert-OH is 1. The number of amides is 4. The number of Topliss-reactive ketones (excluding diaryl/α,β-unsaturated/α-hetero) is 2. The van der Waals surface area contributed by atoms with E-state index in [0.29, 0.717) is 84.5 Å². The summed E-state index contributed by atoms with van der Waals surface area (Å²) in [5, 5.41) is 39.6. The van der Waals surface area contributed by atoms with Crippen LogP contribution >= 0.6 is 47.0 Å². The predicted molar refractivity (Wildman–Crippen MR) is 305 cm³/mol. The number of ketones is 2. The molecule has 1 atom stereocenters. The van der Waals surface area contributed by atoms with Crippen LogP contribution in [0.1, 0.15) is 134 Å². The zero-order valence-corrected chi connectivity index (χ0v) is 49.1. The van der Waals surface area contributed by atoms with Crippen LogP contribution in [-0.4, -0.2) is 139 Å². The Morgan fingerprint density at radius 3 is 1.01 bits per heavy atom. The molecule has 15 nitrogen and oxygen atoms in total. The first-order valence-electron chi connectivity index (χ1n) is 23.0. The van der Waals surface area contributed by atoms with Gasteiger partial charge in [0.15, 0.2) is 11.6 Å². The largest absolute Gasteiger partial charge is 1.00 e. The second-order valence-corrected chi connectivity index (χ2v) is 18.7. The van der Waals surface area contributed by atoms with Crippen molar-refractivity contribution in [1.82, 2.24) is 21.3 Å². The van der Waals surface area contributed by atoms with E-state index in [4.69, 9.17) is 10.4 Å². The number of aliphatic hydroxyl groups is 1. The average Bonchev–Trinajstić information content (AvgIpc) is 3.40. The average molecular weight is 1090 g/mol. The maximum absolute atomic E-state index is 11.7. The van der Waals surface area contributed by atoms with Crippen molar-refractivity contribution < 1.29 is 75.3 Å². The van der Waals surface area contributed by atoms with Crippen molar-refractivity contribution in [1.29, 1.82) is 0 Å². The molecule has 0 fully saturated rings. The molecule has 0 saturated carbocycles. The van der Waals surface area contributed by atoms with Crippen LogP contribution in [0.15, 0.2) is 102 Å². The third kappa shape index (κ3) is 30.8. The Morgan fingerprint density at radius 2 is 0.740 bits per heavy atom. The van der Waals surface area contributed by atoms with Crippen LogP contribution in [0.4, 0.5) is 0 Å². The summed E-state index contributed by atoms with van der Waals surface area (Å²) in [5.74, 6) is 6.88. The molecule has 0 aromatic heterocycles. The standard InChI is InChI=1S/C13H18N2O2S.C13H19NO2S.2C13H17NO2S.B.H3NO.Na.H/c1-3-14-13(16)11-6-4-10(5-7-11)12(15-17)8-9-18-2;3*1-3-14-13(16)11-6-4-10(5-7-11)12(15)8-9-17-2;;1-2;;/h4-7,17H,3,8-9H2,1-2H3,(H,14,16);4-7,12,15H,3,8-9H2,1-2H3,(H,14,16);2*4-7H,3,8-9H2,1-2H3,(H,14,16);;2H,1H2;;/q;;;;;;+1;-1/b15-12+;;;;;;;. The fourth-order valence-electron chi connectivity index (χ4n) is 5.86. The van der Waals surface area contributed by atoms with Gasteiger partial charge in [-0.05, 0) is 130 Å². The fourth-order valence-corrected chi connectivity index (χ4v) is 7.50. The van der Waals surface area contributed by atoms with Crippen molar-refractivity contribution in [3.05, 3.63) is 142 Å². The van der Waals surface area contributed by atoms with Crippen LogP contribution in [0, 0.1) is 0 Å². The number of carbonyl (C=O) groups is 6. The zero-order valence-electron chi connectivity index (χ0n) is 44.8. The smallest absolute Gasteiger partial charge is 1.00 e. The van der Waals surface area contributed by atoms with Crippen molar-refractivity contribution in [2.45, 2.75) is 59.5 Å². The molecule has 73 heavy (non-hydrogen) atoms. The van der Waals surface area contributed by atoms with E-state index < -0.39 is 6.10 Å². The van der Waals surface area contributed by atoms with E-state index in [1.54, 1.807) is 132 Å². The van der Waals surface area contributed by atoms with Crippen LogP contribution in [0.2, 0.25) is 0 Å². The van der Waals surface area contributed by atoms with Crippen molar-refractivity contribution in [3.63, 3.8) is 0 Å². The molecule has 0 heterocycles. The zero-order chi connectivity index (χ0) is 53.4. The minimum atomic E-state index is -0.439. The molecule has 0 aliphatic carbocycles. The molecule has 4 rings (SSSR count). The van der Waals surface area contributed by atoms with Gasteiger partial charge in [0.25, 0.3) is 23.6 Å². The van der Waals surface area contributed by atoms with E-state index in [1.807, 2.05) is 64.9 Å². The Bertz CT molecular complexity index is 2110. The van der Waals surface area contributed by atoms with Gasteiger partial charge in [-0.2, -0.15) is 47.0 Å². The van der Waals surface area contributed by atoms with Crippen LogP contribution in [0.3, 0.4) is 0 Å². The van der Waals surface area contributed by atoms with Crippen molar-refractivity contribution >= 4 is 96.4 Å². The van der Waals surface area contributed by atoms with E-state index in [9.17, 15) is 33.9 Å². The van der Waals surface area contributed by atoms with Gasteiger partial charge in [-0.1, -0.05) is 53.7 Å². The molecule has 4 aromatic carbocycles. The first-order chi connectivity index (χ1) is 34.3. The number of hydrogen-bond donors (Lipinski definition) is 8. The number of carbonyl (C=O) groups excluding carboxylic acids is 6. The SMILES string of the molecule is CCNC(=O)c1ccc(/C(CCSC)=N/O)cc1.CCNC(=O)c1ccc(C(=O)CCSC)cc1.CCNC(=O)c1ccc(C(=O)CCSC)cc1.CCNC(=O)c1ccc(C(O)CCSC)cc1.NO.[B].[H-].[Na+]. The van der Waals surface area contributed by atoms with Gasteiger partial charge >= 0.3 is 29.6 Å². The first kappa shape index (κ1) is 73.2. The maximum atomic E-state index is 11.7. The first-order valence-corrected chi connectivity index (χ1v) is 28.6. The molecule has 3 radical (unpaired) electrons. The third-order valence-electron chi connectivity index (χ3n) is 9.65. The van der Waals surface area contributed by atoms with Crippen molar-refractivity contribution in [2.75, 3.05) is 74.2 Å². The summed E-state index contributed by atoms with van der Waals surface area (Å²) in [4.78, 5) is 69.5. The summed E-state index contributed by atoms with van der Waals surface area (Å²) in [6, 6.07) is 27.9. The second-order valence-electron chi connectivity index (χ2n) is 14.7. The molecule has 21 heteroatoms. The molecule has 0 aliphatic heterocycles. The molecular formula is C52H75BN6NaO9S4. The number of thioether (sulfide) groups is 4. The molecule has 4 aromatic rings. The Morgan fingerprint density at radius 1 is 0.479 bits per heavy atom. The molecule has 0 spiro atoms. The van der Waals surface area contributed by atoms with Gasteiger partial charge < -0.3 is 38.2 Å². The van der Waals surface area contributed by atoms with E-state index in [0.717, 1.165) is 40.6 Å². The number of nitrogens with zero attached hydrogens (tertiary/aromatic N) is 1. The Labute approximate surface area is 475 Å². The quantitative estimate of drug-likeness (QED) is 0.0144. The van der Waals surface area contributed by atoms with Crippen molar-refractivity contribution in [3.8, 4) is 0 Å². The van der Waals surface area contributed by atoms with Crippen LogP contribution < -0.4 is 56.7 Å². The number of benzene rings is 4. The van der Waals surface area contributed by atoms with Crippen LogP contribution in [-0.2, 0) is 0 Å². The molecule has 4 amide bonds. The summed E-state index contributed by atoms with van der Waals surface area (Å²) in [5.41, 5.74) is 6.13. The topological polar surface area (TPSA) is 250 Å². The number of nitrogens with one attached hydrogen (secondary N) is 4. The Kier molecular flexibility index (Phi) is 46.5. The Balaban J connectivity index is -0.000000431. The number of hydrogen-bond acceptors (Lipinski definition) is 15. The number of oxime groups is 1. The summed E-state index contributed by atoms with van der Waals surface area (Å²) in [6.45, 7) is 9.95. The Hall–Kier alpha value is -4.09. The van der Waals surface area contributed by atoms with Gasteiger partial charge in [0, 0.05) is 98.7 Å². The molecular weight excluding hydrogens is 1010 g/mol. The van der Waals surface area contributed by atoms with Crippen LogP contribution in [0.25, 0.3) is 0 Å². The number of nitrogens with two attached hydrogens (primary N) is 1. The minimum absolute atomic E-state index is 0. The van der Waals surface area contributed by atoms with Gasteiger partial charge in [0.2, 0.25) is 0 Å². The normalized spacial score (nSPS) is 10.4. The molecule has 0 bridgehead atoms. The molecule has 1 unspecified atom stereocenters.